The van der Waals surface area contributed by atoms with Gasteiger partial charge in [-0.1, -0.05) is 13.0 Å². The van der Waals surface area contributed by atoms with Gasteiger partial charge in [0.1, 0.15) is 5.82 Å². The third-order valence-electron chi connectivity index (χ3n) is 3.42. The Hall–Kier alpha value is -1.42. The van der Waals surface area contributed by atoms with Crippen molar-refractivity contribution in [2.75, 3.05) is 13.1 Å². The quantitative estimate of drug-likeness (QED) is 0.823. The van der Waals surface area contributed by atoms with Gasteiger partial charge in [-0.25, -0.2) is 9.18 Å². The van der Waals surface area contributed by atoms with Crippen LogP contribution in [-0.2, 0) is 6.54 Å². The summed E-state index contributed by atoms with van der Waals surface area (Å²) in [6.07, 6.45) is 3.67. The zero-order valence-electron chi connectivity index (χ0n) is 11.2. The lowest BCUT2D eigenvalue weighted by Gasteiger charge is -2.21. The van der Waals surface area contributed by atoms with Crippen LogP contribution >= 0.6 is 0 Å². The van der Waals surface area contributed by atoms with E-state index < -0.39 is 11.8 Å². The van der Waals surface area contributed by atoms with E-state index in [2.05, 4.69) is 11.8 Å². The van der Waals surface area contributed by atoms with Crippen molar-refractivity contribution in [3.05, 3.63) is 35.1 Å². The van der Waals surface area contributed by atoms with Crippen molar-refractivity contribution in [2.45, 2.75) is 32.7 Å². The first-order chi connectivity index (χ1) is 9.10. The highest BCUT2D eigenvalue weighted by atomic mass is 19.1. The number of aromatic carboxylic acids is 1. The summed E-state index contributed by atoms with van der Waals surface area (Å²) in [5.74, 6) is -1.06. The number of rotatable bonds is 7. The Balaban J connectivity index is 2.03. The molecule has 1 aromatic carbocycles. The Bertz CT molecular complexity index is 457. The predicted octanol–water partition coefficient (Wildman–Crippen LogP) is 3.15. The number of nitrogens with zero attached hydrogens (tertiary/aromatic N) is 1. The fourth-order valence-electron chi connectivity index (χ4n) is 2.31. The molecule has 0 aliphatic heterocycles. The molecule has 1 aliphatic carbocycles. The minimum atomic E-state index is -1.22. The molecular weight excluding hydrogens is 245 g/mol. The topological polar surface area (TPSA) is 40.5 Å². The molecule has 1 saturated carbocycles. The largest absolute Gasteiger partial charge is 0.478 e. The number of hydrogen-bond acceptors (Lipinski definition) is 2. The van der Waals surface area contributed by atoms with Gasteiger partial charge < -0.3 is 5.11 Å². The summed E-state index contributed by atoms with van der Waals surface area (Å²) in [5.41, 5.74) is 0.588. The fraction of sp³-hybridized carbons (Fsp3) is 0.533. The molecule has 1 aliphatic rings. The average Bonchev–Trinajstić information content (AvgIpc) is 3.12. The van der Waals surface area contributed by atoms with E-state index in [4.69, 9.17) is 5.11 Å². The monoisotopic (exact) mass is 265 g/mol. The van der Waals surface area contributed by atoms with E-state index in [1.54, 1.807) is 6.07 Å². The van der Waals surface area contributed by atoms with Gasteiger partial charge in [0.2, 0.25) is 0 Å². The number of hydrogen-bond donors (Lipinski definition) is 1. The van der Waals surface area contributed by atoms with E-state index in [-0.39, 0.29) is 5.56 Å². The number of carboxylic acid groups (broad SMARTS) is 1. The highest BCUT2D eigenvalue weighted by Crippen LogP contribution is 2.30. The fourth-order valence-corrected chi connectivity index (χ4v) is 2.31. The molecule has 1 N–H and O–H groups in total. The van der Waals surface area contributed by atoms with Gasteiger partial charge in [0.05, 0.1) is 5.56 Å². The number of carbonyl (C=O) groups is 1. The van der Waals surface area contributed by atoms with Gasteiger partial charge in [-0.3, -0.25) is 4.90 Å². The molecule has 0 unspecified atom stereocenters. The van der Waals surface area contributed by atoms with Crippen molar-refractivity contribution in [1.82, 2.24) is 4.90 Å². The van der Waals surface area contributed by atoms with Crippen LogP contribution < -0.4 is 0 Å². The summed E-state index contributed by atoms with van der Waals surface area (Å²) < 4.78 is 13.6. The normalized spacial score (nSPS) is 14.9. The summed E-state index contributed by atoms with van der Waals surface area (Å²) in [5, 5.41) is 8.80. The molecule has 0 saturated heterocycles. The molecule has 19 heavy (non-hydrogen) atoms. The standard InChI is InChI=1S/C15H20FNO2/c1-2-7-17(9-11-3-4-11)10-12-5-6-13(15(18)19)14(16)8-12/h5-6,8,11H,2-4,7,9-10H2,1H3,(H,18,19). The molecule has 0 spiro atoms. The highest BCUT2D eigenvalue weighted by molar-refractivity contribution is 5.87. The third-order valence-corrected chi connectivity index (χ3v) is 3.42. The molecule has 0 bridgehead atoms. The van der Waals surface area contributed by atoms with Crippen LogP contribution in [0.3, 0.4) is 0 Å². The molecule has 3 nitrogen and oxygen atoms in total. The van der Waals surface area contributed by atoms with Crippen molar-refractivity contribution in [1.29, 1.82) is 0 Å². The van der Waals surface area contributed by atoms with Crippen LogP contribution in [0.15, 0.2) is 18.2 Å². The van der Waals surface area contributed by atoms with Gasteiger partial charge in [-0.15, -0.1) is 0 Å². The Morgan fingerprint density at radius 3 is 2.74 bits per heavy atom. The molecule has 1 fully saturated rings. The van der Waals surface area contributed by atoms with Crippen molar-refractivity contribution < 1.29 is 14.3 Å². The lowest BCUT2D eigenvalue weighted by molar-refractivity contribution is 0.0692. The molecule has 104 valence electrons. The van der Waals surface area contributed by atoms with Crippen LogP contribution in [0.4, 0.5) is 4.39 Å². The van der Waals surface area contributed by atoms with Crippen molar-refractivity contribution in [2.24, 2.45) is 5.92 Å². The third kappa shape index (κ3) is 4.03. The zero-order valence-corrected chi connectivity index (χ0v) is 11.2. The molecule has 2 rings (SSSR count). The summed E-state index contributed by atoms with van der Waals surface area (Å²) >= 11 is 0. The summed E-state index contributed by atoms with van der Waals surface area (Å²) in [6.45, 7) is 4.89. The second-order valence-electron chi connectivity index (χ2n) is 5.30. The minimum absolute atomic E-state index is 0.256. The van der Waals surface area contributed by atoms with Crippen LogP contribution in [0, 0.1) is 11.7 Å². The first-order valence-electron chi connectivity index (χ1n) is 6.84. The van der Waals surface area contributed by atoms with Crippen LogP contribution in [0.2, 0.25) is 0 Å². The second kappa shape index (κ2) is 6.15. The molecule has 0 aromatic heterocycles. The van der Waals surface area contributed by atoms with Crippen LogP contribution in [-0.4, -0.2) is 29.1 Å². The molecule has 4 heteroatoms. The van der Waals surface area contributed by atoms with Crippen molar-refractivity contribution in [3.8, 4) is 0 Å². The minimum Gasteiger partial charge on any atom is -0.478 e. The van der Waals surface area contributed by atoms with Gasteiger partial charge in [0.15, 0.2) is 0 Å². The van der Waals surface area contributed by atoms with Crippen LogP contribution in [0.1, 0.15) is 42.1 Å². The Morgan fingerprint density at radius 1 is 1.47 bits per heavy atom. The zero-order chi connectivity index (χ0) is 13.8. The van der Waals surface area contributed by atoms with Crippen LogP contribution in [0.5, 0.6) is 0 Å². The number of carboxylic acids is 1. The maximum atomic E-state index is 13.6. The van der Waals surface area contributed by atoms with Gasteiger partial charge in [0.25, 0.3) is 0 Å². The average molecular weight is 265 g/mol. The van der Waals surface area contributed by atoms with Crippen molar-refractivity contribution >= 4 is 5.97 Å². The Kier molecular flexibility index (Phi) is 4.53. The molecule has 0 amide bonds. The molecule has 1 aromatic rings. The van der Waals surface area contributed by atoms with Gasteiger partial charge in [-0.2, -0.15) is 0 Å². The number of halogens is 1. The van der Waals surface area contributed by atoms with E-state index in [1.165, 1.54) is 25.0 Å². The van der Waals surface area contributed by atoms with E-state index in [0.29, 0.717) is 6.54 Å². The van der Waals surface area contributed by atoms with Gasteiger partial charge >= 0.3 is 5.97 Å². The first-order valence-corrected chi connectivity index (χ1v) is 6.84. The second-order valence-corrected chi connectivity index (χ2v) is 5.30. The molecule has 0 atom stereocenters. The highest BCUT2D eigenvalue weighted by Gasteiger charge is 2.24. The van der Waals surface area contributed by atoms with E-state index >= 15 is 0 Å². The number of benzene rings is 1. The van der Waals surface area contributed by atoms with Crippen LogP contribution in [0.25, 0.3) is 0 Å². The van der Waals surface area contributed by atoms with Crippen molar-refractivity contribution in [3.63, 3.8) is 0 Å². The van der Waals surface area contributed by atoms with E-state index in [1.807, 2.05) is 0 Å². The summed E-state index contributed by atoms with van der Waals surface area (Å²) in [6, 6.07) is 4.41. The van der Waals surface area contributed by atoms with Gasteiger partial charge in [0, 0.05) is 13.1 Å². The lowest BCUT2D eigenvalue weighted by Crippen LogP contribution is -2.26. The molecule has 0 heterocycles. The smallest absolute Gasteiger partial charge is 0.338 e. The summed E-state index contributed by atoms with van der Waals surface area (Å²) in [7, 11) is 0. The molecular formula is C15H20FNO2. The van der Waals surface area contributed by atoms with Gasteiger partial charge in [-0.05, 0) is 49.4 Å². The SMILES string of the molecule is CCCN(Cc1ccc(C(=O)O)c(F)c1)CC1CC1. The lowest BCUT2D eigenvalue weighted by atomic mass is 10.1. The van der Waals surface area contributed by atoms with E-state index in [9.17, 15) is 9.18 Å². The predicted molar refractivity (Wildman–Crippen MR) is 71.7 cm³/mol. The van der Waals surface area contributed by atoms with E-state index in [0.717, 1.165) is 31.0 Å². The summed E-state index contributed by atoms with van der Waals surface area (Å²) in [4.78, 5) is 13.1. The maximum Gasteiger partial charge on any atom is 0.338 e. The first kappa shape index (κ1) is 14.0. The maximum absolute atomic E-state index is 13.6. The Labute approximate surface area is 113 Å². The Morgan fingerprint density at radius 2 is 2.21 bits per heavy atom. The molecule has 0 radical (unpaired) electrons.